The number of benzene rings is 1. The lowest BCUT2D eigenvalue weighted by atomic mass is 9.98. The van der Waals surface area contributed by atoms with Gasteiger partial charge in [-0.05, 0) is 30.0 Å². The third-order valence-corrected chi connectivity index (χ3v) is 4.93. The highest BCUT2D eigenvalue weighted by Gasteiger charge is 2.26. The third kappa shape index (κ3) is 3.48. The summed E-state index contributed by atoms with van der Waals surface area (Å²) in [6, 6.07) is 7.49. The molecule has 0 N–H and O–H groups in total. The standard InChI is InChI=1S/C14H17BrClNO/c1-10-6-7-17(9-13(10)15)14(18)8-11-2-4-12(16)5-3-11/h2-5,10,13H,6-9H2,1H3. The SMILES string of the molecule is CC1CCN(C(=O)Cc2ccc(Cl)cc2)CC1Br. The molecule has 1 aliphatic heterocycles. The minimum absolute atomic E-state index is 0.202. The van der Waals surface area contributed by atoms with E-state index in [0.717, 1.165) is 25.1 Å². The fourth-order valence-corrected chi connectivity index (χ4v) is 2.88. The van der Waals surface area contributed by atoms with Crippen LogP contribution in [0.2, 0.25) is 5.02 Å². The molecular weight excluding hydrogens is 314 g/mol. The van der Waals surface area contributed by atoms with Gasteiger partial charge in [-0.1, -0.05) is 46.6 Å². The third-order valence-electron chi connectivity index (χ3n) is 3.49. The van der Waals surface area contributed by atoms with Crippen molar-refractivity contribution >= 4 is 33.4 Å². The second kappa shape index (κ2) is 6.07. The fourth-order valence-electron chi connectivity index (χ4n) is 2.14. The van der Waals surface area contributed by atoms with Crippen LogP contribution in [0.4, 0.5) is 0 Å². The van der Waals surface area contributed by atoms with Gasteiger partial charge in [0.05, 0.1) is 6.42 Å². The number of hydrogen-bond donors (Lipinski definition) is 0. The molecule has 1 aliphatic rings. The van der Waals surface area contributed by atoms with Crippen LogP contribution < -0.4 is 0 Å². The minimum Gasteiger partial charge on any atom is -0.341 e. The second-order valence-electron chi connectivity index (χ2n) is 4.92. The van der Waals surface area contributed by atoms with Crippen molar-refractivity contribution in [3.05, 3.63) is 34.9 Å². The van der Waals surface area contributed by atoms with Crippen molar-refractivity contribution in [2.45, 2.75) is 24.6 Å². The Hall–Kier alpha value is -0.540. The van der Waals surface area contributed by atoms with E-state index in [1.165, 1.54) is 0 Å². The number of alkyl halides is 1. The number of piperidine rings is 1. The monoisotopic (exact) mass is 329 g/mol. The van der Waals surface area contributed by atoms with E-state index in [4.69, 9.17) is 11.6 Å². The van der Waals surface area contributed by atoms with E-state index in [2.05, 4.69) is 22.9 Å². The average molecular weight is 331 g/mol. The summed E-state index contributed by atoms with van der Waals surface area (Å²) >= 11 is 9.48. The summed E-state index contributed by atoms with van der Waals surface area (Å²) in [7, 11) is 0. The number of amides is 1. The fraction of sp³-hybridized carbons (Fsp3) is 0.500. The number of rotatable bonds is 2. The summed E-state index contributed by atoms with van der Waals surface area (Å²) in [6.07, 6.45) is 1.54. The second-order valence-corrected chi connectivity index (χ2v) is 6.54. The highest BCUT2D eigenvalue weighted by atomic mass is 79.9. The molecule has 1 aromatic carbocycles. The molecule has 98 valence electrons. The minimum atomic E-state index is 0.202. The first-order valence-corrected chi connectivity index (χ1v) is 7.52. The van der Waals surface area contributed by atoms with Gasteiger partial charge in [0.15, 0.2) is 0 Å². The Morgan fingerprint density at radius 3 is 2.72 bits per heavy atom. The molecule has 18 heavy (non-hydrogen) atoms. The first-order chi connectivity index (χ1) is 8.56. The van der Waals surface area contributed by atoms with Crippen molar-refractivity contribution in [2.24, 2.45) is 5.92 Å². The van der Waals surface area contributed by atoms with Crippen molar-refractivity contribution in [2.75, 3.05) is 13.1 Å². The molecule has 1 heterocycles. The molecule has 0 aromatic heterocycles. The van der Waals surface area contributed by atoms with Crippen molar-refractivity contribution in [3.63, 3.8) is 0 Å². The van der Waals surface area contributed by atoms with E-state index in [1.54, 1.807) is 0 Å². The molecule has 2 unspecified atom stereocenters. The number of nitrogens with zero attached hydrogens (tertiary/aromatic N) is 1. The molecule has 1 amide bonds. The van der Waals surface area contributed by atoms with Gasteiger partial charge in [0.2, 0.25) is 5.91 Å². The molecule has 1 saturated heterocycles. The maximum atomic E-state index is 12.2. The summed E-state index contributed by atoms with van der Waals surface area (Å²) in [5.41, 5.74) is 1.02. The van der Waals surface area contributed by atoms with E-state index in [0.29, 0.717) is 22.2 Å². The Labute approximate surface area is 121 Å². The lowest BCUT2D eigenvalue weighted by Crippen LogP contribution is -2.44. The van der Waals surface area contributed by atoms with E-state index >= 15 is 0 Å². The number of carbonyl (C=O) groups excluding carboxylic acids is 1. The van der Waals surface area contributed by atoms with Crippen LogP contribution in [0.3, 0.4) is 0 Å². The normalized spacial score (nSPS) is 24.1. The molecule has 0 spiro atoms. The molecule has 4 heteroatoms. The summed E-state index contributed by atoms with van der Waals surface area (Å²) in [6.45, 7) is 3.91. The van der Waals surface area contributed by atoms with Crippen molar-refractivity contribution in [1.29, 1.82) is 0 Å². The van der Waals surface area contributed by atoms with Crippen LogP contribution in [0.25, 0.3) is 0 Å². The Kier molecular flexibility index (Phi) is 4.68. The maximum Gasteiger partial charge on any atom is 0.227 e. The van der Waals surface area contributed by atoms with Crippen LogP contribution in [0.1, 0.15) is 18.9 Å². The van der Waals surface area contributed by atoms with Gasteiger partial charge in [-0.2, -0.15) is 0 Å². The maximum absolute atomic E-state index is 12.2. The van der Waals surface area contributed by atoms with E-state index < -0.39 is 0 Å². The van der Waals surface area contributed by atoms with Gasteiger partial charge in [0, 0.05) is 22.9 Å². The molecule has 2 rings (SSSR count). The Morgan fingerprint density at radius 1 is 1.44 bits per heavy atom. The van der Waals surface area contributed by atoms with Gasteiger partial charge in [-0.3, -0.25) is 4.79 Å². The lowest BCUT2D eigenvalue weighted by molar-refractivity contribution is -0.131. The molecule has 0 radical (unpaired) electrons. The smallest absolute Gasteiger partial charge is 0.227 e. The molecule has 2 nitrogen and oxygen atoms in total. The van der Waals surface area contributed by atoms with E-state index in [1.807, 2.05) is 29.2 Å². The number of halogens is 2. The van der Waals surface area contributed by atoms with E-state index in [-0.39, 0.29) is 5.91 Å². The van der Waals surface area contributed by atoms with E-state index in [9.17, 15) is 4.79 Å². The van der Waals surface area contributed by atoms with Crippen LogP contribution in [-0.4, -0.2) is 28.7 Å². The zero-order valence-corrected chi connectivity index (χ0v) is 12.7. The summed E-state index contributed by atoms with van der Waals surface area (Å²) in [5, 5.41) is 0.707. The molecule has 1 aromatic rings. The van der Waals surface area contributed by atoms with Crippen LogP contribution in [0.15, 0.2) is 24.3 Å². The number of carbonyl (C=O) groups is 1. The van der Waals surface area contributed by atoms with Gasteiger partial charge >= 0.3 is 0 Å². The predicted molar refractivity (Wildman–Crippen MR) is 78.2 cm³/mol. The van der Waals surface area contributed by atoms with Gasteiger partial charge in [-0.15, -0.1) is 0 Å². The molecule has 2 atom stereocenters. The highest BCUT2D eigenvalue weighted by molar-refractivity contribution is 9.09. The Morgan fingerprint density at radius 2 is 2.11 bits per heavy atom. The zero-order valence-electron chi connectivity index (χ0n) is 10.4. The highest BCUT2D eigenvalue weighted by Crippen LogP contribution is 2.23. The molecule has 0 saturated carbocycles. The number of likely N-dealkylation sites (tertiary alicyclic amines) is 1. The van der Waals surface area contributed by atoms with Crippen LogP contribution in [0, 0.1) is 5.92 Å². The lowest BCUT2D eigenvalue weighted by Gasteiger charge is -2.34. The van der Waals surface area contributed by atoms with Crippen molar-refractivity contribution in [3.8, 4) is 0 Å². The summed E-state index contributed by atoms with van der Waals surface area (Å²) < 4.78 is 0. The first-order valence-electron chi connectivity index (χ1n) is 6.22. The van der Waals surface area contributed by atoms with Gasteiger partial charge in [0.1, 0.15) is 0 Å². The van der Waals surface area contributed by atoms with Crippen molar-refractivity contribution < 1.29 is 4.79 Å². The Balaban J connectivity index is 1.94. The molecular formula is C14H17BrClNO. The van der Waals surface area contributed by atoms with Crippen LogP contribution >= 0.6 is 27.5 Å². The number of hydrogen-bond acceptors (Lipinski definition) is 1. The molecule has 1 fully saturated rings. The molecule has 0 aliphatic carbocycles. The van der Waals surface area contributed by atoms with Gasteiger partial charge in [0.25, 0.3) is 0 Å². The summed E-state index contributed by atoms with van der Waals surface area (Å²) in [4.78, 5) is 14.5. The average Bonchev–Trinajstić information content (AvgIpc) is 2.35. The first kappa shape index (κ1) is 13.9. The van der Waals surface area contributed by atoms with Gasteiger partial charge in [-0.25, -0.2) is 0 Å². The quantitative estimate of drug-likeness (QED) is 0.760. The van der Waals surface area contributed by atoms with Crippen LogP contribution in [-0.2, 0) is 11.2 Å². The van der Waals surface area contributed by atoms with Crippen LogP contribution in [0.5, 0.6) is 0 Å². The predicted octanol–water partition coefficient (Wildman–Crippen LogP) is 3.51. The largest absolute Gasteiger partial charge is 0.341 e. The topological polar surface area (TPSA) is 20.3 Å². The molecule has 0 bridgehead atoms. The summed E-state index contributed by atoms with van der Waals surface area (Å²) in [5.74, 6) is 0.846. The zero-order chi connectivity index (χ0) is 13.1. The Bertz CT molecular complexity index is 420. The van der Waals surface area contributed by atoms with Crippen molar-refractivity contribution in [1.82, 2.24) is 4.90 Å². The van der Waals surface area contributed by atoms with Gasteiger partial charge < -0.3 is 4.90 Å².